The molecule has 6 rings (SSSR count). The van der Waals surface area contributed by atoms with Crippen molar-refractivity contribution < 1.29 is 28.9 Å². The first-order chi connectivity index (χ1) is 23.1. The molecule has 2 aliphatic rings. The van der Waals surface area contributed by atoms with Crippen LogP contribution in [0.15, 0.2) is 70.6 Å². The van der Waals surface area contributed by atoms with Gasteiger partial charge in [0.2, 0.25) is 5.13 Å². The molecule has 1 aromatic heterocycles. The highest BCUT2D eigenvalue weighted by Crippen LogP contribution is 2.46. The maximum atomic E-state index is 13.9. The zero-order valence-electron chi connectivity index (χ0n) is 27.1. The summed E-state index contributed by atoms with van der Waals surface area (Å²) in [7, 11) is 0. The number of halogens is 1. The smallest absolute Gasteiger partial charge is 0.301 e. The number of aliphatic hydroxyl groups excluding tert-OH is 1. The van der Waals surface area contributed by atoms with E-state index in [1.807, 2.05) is 44.2 Å². The molecule has 0 spiro atoms. The monoisotopic (exact) mass is 705 g/mol. The van der Waals surface area contributed by atoms with Gasteiger partial charge >= 0.3 is 5.91 Å². The van der Waals surface area contributed by atoms with E-state index in [4.69, 9.17) is 25.8 Å². The van der Waals surface area contributed by atoms with E-state index in [0.29, 0.717) is 63.3 Å². The minimum absolute atomic E-state index is 0.00500. The van der Waals surface area contributed by atoms with Crippen LogP contribution < -0.4 is 19.1 Å². The highest BCUT2D eigenvalue weighted by atomic mass is 35.5. The third kappa shape index (κ3) is 7.18. The molecule has 2 aliphatic heterocycles. The molecule has 0 bridgehead atoms. The van der Waals surface area contributed by atoms with Gasteiger partial charge in [-0.3, -0.25) is 14.5 Å². The zero-order chi connectivity index (χ0) is 33.9. The van der Waals surface area contributed by atoms with Gasteiger partial charge in [-0.15, -0.1) is 10.2 Å². The van der Waals surface area contributed by atoms with Gasteiger partial charge in [-0.2, -0.15) is 0 Å². The van der Waals surface area contributed by atoms with E-state index in [9.17, 15) is 14.7 Å². The lowest BCUT2D eigenvalue weighted by Gasteiger charge is -2.24. The van der Waals surface area contributed by atoms with Crippen LogP contribution in [0, 0.1) is 5.92 Å². The number of anilines is 1. The van der Waals surface area contributed by atoms with Crippen LogP contribution in [0.2, 0.25) is 5.02 Å². The van der Waals surface area contributed by atoms with Crippen molar-refractivity contribution in [3.8, 4) is 17.2 Å². The summed E-state index contributed by atoms with van der Waals surface area (Å²) in [6.07, 6.45) is 1.55. The second kappa shape index (κ2) is 14.6. The van der Waals surface area contributed by atoms with Gasteiger partial charge in [0.1, 0.15) is 17.6 Å². The Balaban J connectivity index is 1.40. The number of thioether (sulfide) groups is 1. The van der Waals surface area contributed by atoms with Crippen molar-refractivity contribution in [1.82, 2.24) is 10.2 Å². The highest BCUT2D eigenvalue weighted by molar-refractivity contribution is 8.00. The maximum Gasteiger partial charge on any atom is 0.301 e. The summed E-state index contributed by atoms with van der Waals surface area (Å²) in [6.45, 7) is 8.99. The lowest BCUT2D eigenvalue weighted by Crippen LogP contribution is -2.29. The molecule has 0 radical (unpaired) electrons. The number of fused-ring (bicyclic) bond motifs is 1. The first-order valence-corrected chi connectivity index (χ1v) is 18.0. The summed E-state index contributed by atoms with van der Waals surface area (Å²) in [5.41, 5.74) is 2.90. The number of amides is 1. The lowest BCUT2D eigenvalue weighted by atomic mass is 9.94. The third-order valence-corrected chi connectivity index (χ3v) is 10.4. The van der Waals surface area contributed by atoms with Gasteiger partial charge in [-0.05, 0) is 85.3 Å². The molecule has 1 amide bonds. The number of benzene rings is 3. The molecule has 1 N–H and O–H groups in total. The molecule has 1 fully saturated rings. The van der Waals surface area contributed by atoms with E-state index < -0.39 is 17.7 Å². The number of rotatable bonds is 12. The van der Waals surface area contributed by atoms with Crippen LogP contribution in [0.4, 0.5) is 5.13 Å². The van der Waals surface area contributed by atoms with Crippen LogP contribution in [-0.4, -0.2) is 46.3 Å². The number of ether oxygens (including phenoxy) is 3. The van der Waals surface area contributed by atoms with Crippen molar-refractivity contribution in [2.45, 2.75) is 62.8 Å². The van der Waals surface area contributed by atoms with Gasteiger partial charge < -0.3 is 19.3 Å². The summed E-state index contributed by atoms with van der Waals surface area (Å²) in [4.78, 5) is 29.0. The Kier molecular flexibility index (Phi) is 10.3. The standard InChI is InChI=1S/C36H36ClN3O6S2/c1-5-44-29-18-23(8-13-28(29)45-15-14-20(2)3)31-30(32(41)24-9-12-27-25(17-24)16-21(4)46-27)33(42)34(43)40(31)35-38-39-36(48-35)47-19-22-6-10-26(37)11-7-22/h6-13,17-18,20-21,31,41H,5,14-16,19H2,1-4H3/t21-,31+/m0/s1. The van der Waals surface area contributed by atoms with E-state index in [1.54, 1.807) is 30.3 Å². The SMILES string of the molecule is CCOc1cc([C@@H]2C(=C(O)c3ccc4c(c3)C[C@H](C)O4)C(=O)C(=O)N2c2nnc(SCc3ccc(Cl)cc3)s2)ccc1OCCC(C)C. The summed E-state index contributed by atoms with van der Waals surface area (Å²) >= 11 is 8.70. The maximum absolute atomic E-state index is 13.9. The molecule has 0 unspecified atom stereocenters. The lowest BCUT2D eigenvalue weighted by molar-refractivity contribution is -0.132. The first-order valence-electron chi connectivity index (χ1n) is 15.8. The van der Waals surface area contributed by atoms with Crippen molar-refractivity contribution in [2.24, 2.45) is 5.92 Å². The molecule has 48 heavy (non-hydrogen) atoms. The number of hydrogen-bond acceptors (Lipinski definition) is 10. The largest absolute Gasteiger partial charge is 0.507 e. The Morgan fingerprint density at radius 2 is 1.88 bits per heavy atom. The van der Waals surface area contributed by atoms with Gasteiger partial charge in [0.15, 0.2) is 15.8 Å². The van der Waals surface area contributed by atoms with Gasteiger partial charge in [-0.1, -0.05) is 66.7 Å². The molecule has 250 valence electrons. The molecule has 4 aromatic rings. The van der Waals surface area contributed by atoms with Gasteiger partial charge in [0.05, 0.1) is 24.8 Å². The molecule has 9 nitrogen and oxygen atoms in total. The number of carbonyl (C=O) groups is 2. The van der Waals surface area contributed by atoms with Crippen LogP contribution in [0.3, 0.4) is 0 Å². The normalized spacial score (nSPS) is 18.3. The molecule has 1 saturated heterocycles. The van der Waals surface area contributed by atoms with Crippen molar-refractivity contribution in [1.29, 1.82) is 0 Å². The van der Waals surface area contributed by atoms with Crippen LogP contribution in [0.1, 0.15) is 62.4 Å². The van der Waals surface area contributed by atoms with E-state index >= 15 is 0 Å². The summed E-state index contributed by atoms with van der Waals surface area (Å²) in [6, 6.07) is 17.2. The van der Waals surface area contributed by atoms with Crippen molar-refractivity contribution >= 4 is 57.3 Å². The Morgan fingerprint density at radius 1 is 1.08 bits per heavy atom. The van der Waals surface area contributed by atoms with Crippen LogP contribution in [0.5, 0.6) is 17.2 Å². The Hall–Kier alpha value is -4.06. The molecular formula is C36H36ClN3O6S2. The van der Waals surface area contributed by atoms with Gasteiger partial charge in [-0.25, -0.2) is 0 Å². The predicted molar refractivity (Wildman–Crippen MR) is 189 cm³/mol. The Labute approximate surface area is 292 Å². The zero-order valence-corrected chi connectivity index (χ0v) is 29.5. The van der Waals surface area contributed by atoms with Crippen molar-refractivity contribution in [3.05, 3.63) is 93.5 Å². The highest BCUT2D eigenvalue weighted by Gasteiger charge is 2.48. The van der Waals surface area contributed by atoms with E-state index in [2.05, 4.69) is 24.0 Å². The van der Waals surface area contributed by atoms with Crippen molar-refractivity contribution in [2.75, 3.05) is 18.1 Å². The second-order valence-corrected chi connectivity index (χ2v) is 14.7. The van der Waals surface area contributed by atoms with E-state index in [1.165, 1.54) is 28.0 Å². The van der Waals surface area contributed by atoms with Crippen LogP contribution in [-0.2, 0) is 21.8 Å². The minimum atomic E-state index is -1.00. The fourth-order valence-corrected chi connectivity index (χ4v) is 7.59. The minimum Gasteiger partial charge on any atom is -0.507 e. The van der Waals surface area contributed by atoms with Crippen LogP contribution in [0.25, 0.3) is 5.76 Å². The summed E-state index contributed by atoms with van der Waals surface area (Å²) in [5.74, 6) is 0.957. The molecular weight excluding hydrogens is 670 g/mol. The Bertz CT molecular complexity index is 1860. The average Bonchev–Trinajstić information content (AvgIpc) is 3.75. The Morgan fingerprint density at radius 3 is 2.62 bits per heavy atom. The number of aliphatic hydroxyl groups is 1. The molecule has 2 atom stereocenters. The fraction of sp³-hybridized carbons (Fsp3) is 0.333. The molecule has 3 aromatic carbocycles. The molecule has 0 saturated carbocycles. The molecule has 0 aliphatic carbocycles. The summed E-state index contributed by atoms with van der Waals surface area (Å²) < 4.78 is 18.5. The molecule has 3 heterocycles. The van der Waals surface area contributed by atoms with Crippen molar-refractivity contribution in [3.63, 3.8) is 0 Å². The predicted octanol–water partition coefficient (Wildman–Crippen LogP) is 8.26. The topological polar surface area (TPSA) is 111 Å². The fourth-order valence-electron chi connectivity index (χ4n) is 5.64. The average molecular weight is 706 g/mol. The first kappa shape index (κ1) is 33.8. The molecule has 12 heteroatoms. The summed E-state index contributed by atoms with van der Waals surface area (Å²) in [5, 5.41) is 21.3. The van der Waals surface area contributed by atoms with Gasteiger partial charge in [0, 0.05) is 22.8 Å². The number of Topliss-reactive ketones (excluding diaryl/α,β-unsaturated/α-hetero) is 1. The third-order valence-electron chi connectivity index (χ3n) is 8.03. The number of ketones is 1. The van der Waals surface area contributed by atoms with E-state index in [0.717, 1.165) is 23.3 Å². The number of carbonyl (C=O) groups excluding carboxylic acids is 2. The number of nitrogens with zero attached hydrogens (tertiary/aromatic N) is 3. The van der Waals surface area contributed by atoms with Gasteiger partial charge in [0.25, 0.3) is 5.78 Å². The van der Waals surface area contributed by atoms with E-state index in [-0.39, 0.29) is 22.6 Å². The second-order valence-electron chi connectivity index (χ2n) is 12.1. The number of aromatic nitrogens is 2. The van der Waals surface area contributed by atoms with Crippen LogP contribution >= 0.6 is 34.7 Å². The number of hydrogen-bond donors (Lipinski definition) is 1. The quantitative estimate of drug-likeness (QED) is 0.0512.